The van der Waals surface area contributed by atoms with E-state index in [2.05, 4.69) is 0 Å². The van der Waals surface area contributed by atoms with Gasteiger partial charge in [-0.3, -0.25) is 4.79 Å². The van der Waals surface area contributed by atoms with E-state index in [0.717, 1.165) is 25.7 Å². The van der Waals surface area contributed by atoms with Crippen LogP contribution in [0.3, 0.4) is 0 Å². The van der Waals surface area contributed by atoms with Crippen LogP contribution in [0.5, 0.6) is 0 Å². The second-order valence-corrected chi connectivity index (χ2v) is 6.23. The van der Waals surface area contributed by atoms with Gasteiger partial charge in [0.25, 0.3) is 0 Å². The number of hydrogen-bond donors (Lipinski definition) is 0. The molecule has 0 aromatic rings. The SMILES string of the molecule is CCOC(=O)C1(C)CC2CC3(CC2C1)OCCO3. The van der Waals surface area contributed by atoms with Gasteiger partial charge in [0.05, 0.1) is 25.2 Å². The number of carbonyl (C=O) groups excluding carboxylic acids is 1. The Bertz CT molecular complexity index is 330. The highest BCUT2D eigenvalue weighted by molar-refractivity contribution is 5.76. The van der Waals surface area contributed by atoms with Crippen LogP contribution >= 0.6 is 0 Å². The molecule has 2 aliphatic carbocycles. The number of carbonyl (C=O) groups is 1. The van der Waals surface area contributed by atoms with Gasteiger partial charge in [0, 0.05) is 12.8 Å². The van der Waals surface area contributed by atoms with Crippen LogP contribution in [0.2, 0.25) is 0 Å². The van der Waals surface area contributed by atoms with Gasteiger partial charge in [-0.25, -0.2) is 0 Å². The summed E-state index contributed by atoms with van der Waals surface area (Å²) in [5.74, 6) is 0.766. The number of rotatable bonds is 2. The summed E-state index contributed by atoms with van der Waals surface area (Å²) in [6, 6.07) is 0. The van der Waals surface area contributed by atoms with Crippen LogP contribution in [0.15, 0.2) is 0 Å². The van der Waals surface area contributed by atoms with E-state index in [1.54, 1.807) is 0 Å². The van der Waals surface area contributed by atoms with Gasteiger partial charge >= 0.3 is 5.97 Å². The highest BCUT2D eigenvalue weighted by Crippen LogP contribution is 2.57. The van der Waals surface area contributed by atoms with Crippen molar-refractivity contribution in [3.8, 4) is 0 Å². The molecule has 3 fully saturated rings. The lowest BCUT2D eigenvalue weighted by Gasteiger charge is -2.27. The zero-order valence-corrected chi connectivity index (χ0v) is 11.2. The van der Waals surface area contributed by atoms with Crippen LogP contribution in [0.4, 0.5) is 0 Å². The summed E-state index contributed by atoms with van der Waals surface area (Å²) in [6.07, 6.45) is 3.75. The lowest BCUT2D eigenvalue weighted by Crippen LogP contribution is -2.31. The van der Waals surface area contributed by atoms with Gasteiger partial charge in [-0.15, -0.1) is 0 Å². The summed E-state index contributed by atoms with van der Waals surface area (Å²) in [6.45, 7) is 5.82. The van der Waals surface area contributed by atoms with Crippen LogP contribution in [0.1, 0.15) is 39.5 Å². The fourth-order valence-corrected chi connectivity index (χ4v) is 4.14. The third-order valence-electron chi connectivity index (χ3n) is 4.82. The van der Waals surface area contributed by atoms with E-state index in [0.29, 0.717) is 31.7 Å². The topological polar surface area (TPSA) is 44.8 Å². The third-order valence-corrected chi connectivity index (χ3v) is 4.82. The van der Waals surface area contributed by atoms with Crippen molar-refractivity contribution < 1.29 is 19.0 Å². The van der Waals surface area contributed by atoms with Gasteiger partial charge in [-0.2, -0.15) is 0 Å². The van der Waals surface area contributed by atoms with Crippen molar-refractivity contribution in [1.82, 2.24) is 0 Å². The molecule has 2 unspecified atom stereocenters. The van der Waals surface area contributed by atoms with Crippen molar-refractivity contribution in [2.45, 2.75) is 45.3 Å². The standard InChI is InChI=1S/C14H22O4/c1-3-16-12(15)13(2)6-10-8-14(9-11(10)7-13)17-4-5-18-14/h10-11H,3-9H2,1-2H3. The Morgan fingerprint density at radius 1 is 1.17 bits per heavy atom. The van der Waals surface area contributed by atoms with E-state index in [9.17, 15) is 4.79 Å². The van der Waals surface area contributed by atoms with Crippen LogP contribution in [0.25, 0.3) is 0 Å². The highest BCUT2D eigenvalue weighted by atomic mass is 16.7. The molecule has 2 atom stereocenters. The van der Waals surface area contributed by atoms with E-state index in [4.69, 9.17) is 14.2 Å². The molecule has 0 aromatic heterocycles. The van der Waals surface area contributed by atoms with Crippen molar-refractivity contribution in [2.75, 3.05) is 19.8 Å². The molecular formula is C14H22O4. The summed E-state index contributed by atoms with van der Waals surface area (Å²) in [4.78, 5) is 12.0. The smallest absolute Gasteiger partial charge is 0.311 e. The molecule has 0 radical (unpaired) electrons. The van der Waals surface area contributed by atoms with Crippen molar-refractivity contribution in [1.29, 1.82) is 0 Å². The zero-order chi connectivity index (χ0) is 12.8. The minimum absolute atomic E-state index is 0.0262. The molecule has 1 spiro atoms. The molecule has 0 aromatic carbocycles. The van der Waals surface area contributed by atoms with Gasteiger partial charge in [0.2, 0.25) is 0 Å². The fourth-order valence-electron chi connectivity index (χ4n) is 4.14. The normalized spacial score (nSPS) is 41.2. The molecule has 0 N–H and O–H groups in total. The van der Waals surface area contributed by atoms with Gasteiger partial charge in [0.1, 0.15) is 0 Å². The lowest BCUT2D eigenvalue weighted by molar-refractivity contribution is -0.163. The minimum atomic E-state index is -0.314. The monoisotopic (exact) mass is 254 g/mol. The predicted molar refractivity (Wildman–Crippen MR) is 64.8 cm³/mol. The number of esters is 1. The second kappa shape index (κ2) is 4.20. The van der Waals surface area contributed by atoms with Gasteiger partial charge in [-0.05, 0) is 38.5 Å². The molecular weight excluding hydrogens is 232 g/mol. The first-order chi connectivity index (χ1) is 8.57. The Labute approximate surface area is 108 Å². The lowest BCUT2D eigenvalue weighted by atomic mass is 9.85. The molecule has 4 nitrogen and oxygen atoms in total. The molecule has 1 aliphatic heterocycles. The van der Waals surface area contributed by atoms with Crippen LogP contribution in [-0.2, 0) is 19.0 Å². The van der Waals surface area contributed by atoms with E-state index >= 15 is 0 Å². The first-order valence-corrected chi connectivity index (χ1v) is 7.02. The molecule has 2 saturated carbocycles. The van der Waals surface area contributed by atoms with E-state index in [-0.39, 0.29) is 17.2 Å². The Morgan fingerprint density at radius 3 is 2.22 bits per heavy atom. The molecule has 102 valence electrons. The Balaban J connectivity index is 1.67. The largest absolute Gasteiger partial charge is 0.466 e. The number of fused-ring (bicyclic) bond motifs is 1. The Hall–Kier alpha value is -0.610. The van der Waals surface area contributed by atoms with Crippen LogP contribution < -0.4 is 0 Å². The molecule has 18 heavy (non-hydrogen) atoms. The van der Waals surface area contributed by atoms with E-state index < -0.39 is 0 Å². The summed E-state index contributed by atoms with van der Waals surface area (Å²) < 4.78 is 16.8. The van der Waals surface area contributed by atoms with Crippen LogP contribution in [0, 0.1) is 17.3 Å². The average Bonchev–Trinajstić information content (AvgIpc) is 2.95. The summed E-state index contributed by atoms with van der Waals surface area (Å²) in [7, 11) is 0. The maximum atomic E-state index is 12.0. The van der Waals surface area contributed by atoms with E-state index in [1.165, 1.54) is 0 Å². The molecule has 1 saturated heterocycles. The maximum absolute atomic E-state index is 12.0. The average molecular weight is 254 g/mol. The molecule has 0 bridgehead atoms. The molecule has 3 rings (SSSR count). The van der Waals surface area contributed by atoms with Crippen LogP contribution in [-0.4, -0.2) is 31.6 Å². The van der Waals surface area contributed by atoms with Crippen molar-refractivity contribution in [3.05, 3.63) is 0 Å². The van der Waals surface area contributed by atoms with E-state index in [1.807, 2.05) is 13.8 Å². The van der Waals surface area contributed by atoms with Crippen molar-refractivity contribution in [3.63, 3.8) is 0 Å². The molecule has 4 heteroatoms. The second-order valence-electron chi connectivity index (χ2n) is 6.23. The number of ether oxygens (including phenoxy) is 3. The first kappa shape index (κ1) is 12.4. The Morgan fingerprint density at radius 2 is 1.72 bits per heavy atom. The number of hydrogen-bond acceptors (Lipinski definition) is 4. The quantitative estimate of drug-likeness (QED) is 0.708. The Kier molecular flexibility index (Phi) is 2.90. The van der Waals surface area contributed by atoms with Gasteiger partial charge in [-0.1, -0.05) is 0 Å². The predicted octanol–water partition coefficient (Wildman–Crippen LogP) is 2.12. The highest BCUT2D eigenvalue weighted by Gasteiger charge is 2.57. The summed E-state index contributed by atoms with van der Waals surface area (Å²) in [5.41, 5.74) is -0.286. The molecule has 1 heterocycles. The molecule has 3 aliphatic rings. The zero-order valence-electron chi connectivity index (χ0n) is 11.2. The summed E-state index contributed by atoms with van der Waals surface area (Å²) in [5, 5.41) is 0. The molecule has 0 amide bonds. The maximum Gasteiger partial charge on any atom is 0.311 e. The fraction of sp³-hybridized carbons (Fsp3) is 0.929. The minimum Gasteiger partial charge on any atom is -0.466 e. The van der Waals surface area contributed by atoms with Gasteiger partial charge in [0.15, 0.2) is 5.79 Å². The van der Waals surface area contributed by atoms with Crippen molar-refractivity contribution >= 4 is 5.97 Å². The first-order valence-electron chi connectivity index (χ1n) is 7.02. The van der Waals surface area contributed by atoms with Crippen molar-refractivity contribution in [2.24, 2.45) is 17.3 Å². The summed E-state index contributed by atoms with van der Waals surface area (Å²) >= 11 is 0. The third kappa shape index (κ3) is 1.86. The van der Waals surface area contributed by atoms with Gasteiger partial charge < -0.3 is 14.2 Å².